The van der Waals surface area contributed by atoms with Gasteiger partial charge in [0, 0.05) is 30.8 Å². The van der Waals surface area contributed by atoms with Crippen molar-refractivity contribution in [1.82, 2.24) is 4.90 Å². The molecule has 2 aliphatic rings. The fourth-order valence-corrected chi connectivity index (χ4v) is 2.59. The number of benzene rings is 1. The maximum atomic E-state index is 11.3. The predicted molar refractivity (Wildman–Crippen MR) is 71.4 cm³/mol. The molecule has 3 rings (SSSR count). The summed E-state index contributed by atoms with van der Waals surface area (Å²) in [6.45, 7) is 2.82. The van der Waals surface area contributed by atoms with E-state index in [1.165, 1.54) is 5.56 Å². The molecule has 2 aliphatic heterocycles. The van der Waals surface area contributed by atoms with Crippen LogP contribution >= 0.6 is 0 Å². The number of fused-ring (bicyclic) bond motifs is 1. The van der Waals surface area contributed by atoms with Crippen LogP contribution in [-0.4, -0.2) is 29.6 Å². The lowest BCUT2D eigenvalue weighted by Crippen LogP contribution is -2.41. The van der Waals surface area contributed by atoms with Gasteiger partial charge in [-0.15, -0.1) is 0 Å². The van der Waals surface area contributed by atoms with E-state index in [4.69, 9.17) is 0 Å². The number of hydrogen-bond acceptors (Lipinski definition) is 2. The first-order valence-electron chi connectivity index (χ1n) is 6.37. The molecule has 1 aromatic rings. The van der Waals surface area contributed by atoms with Gasteiger partial charge in [0.1, 0.15) is 0 Å². The highest BCUT2D eigenvalue weighted by molar-refractivity contribution is 6.06. The second-order valence-electron chi connectivity index (χ2n) is 4.89. The van der Waals surface area contributed by atoms with Crippen LogP contribution in [0.25, 0.3) is 0 Å². The zero-order chi connectivity index (χ0) is 12.4. The van der Waals surface area contributed by atoms with Gasteiger partial charge in [-0.25, -0.2) is 4.99 Å². The maximum absolute atomic E-state index is 11.3. The standard InChI is InChI=1S/C15H16N2O/c18-15-7-6-13-8-9-17(11-14(13)16-15)10-12-4-2-1-3-5-12/h1-7,13H,8-11H2. The Morgan fingerprint density at radius 2 is 2.11 bits per heavy atom. The number of dihydropyridines is 1. The largest absolute Gasteiger partial charge is 0.294 e. The van der Waals surface area contributed by atoms with Crippen molar-refractivity contribution in [1.29, 1.82) is 0 Å². The van der Waals surface area contributed by atoms with Crippen molar-refractivity contribution in [3.8, 4) is 0 Å². The molecule has 0 saturated carbocycles. The summed E-state index contributed by atoms with van der Waals surface area (Å²) in [6.07, 6.45) is 4.67. The number of likely N-dealkylation sites (tertiary alicyclic amines) is 1. The molecule has 1 unspecified atom stereocenters. The topological polar surface area (TPSA) is 32.7 Å². The Morgan fingerprint density at radius 1 is 1.28 bits per heavy atom. The van der Waals surface area contributed by atoms with Crippen LogP contribution in [0.4, 0.5) is 0 Å². The molecule has 0 spiro atoms. The van der Waals surface area contributed by atoms with E-state index in [1.54, 1.807) is 6.08 Å². The highest BCUT2D eigenvalue weighted by Gasteiger charge is 2.26. The van der Waals surface area contributed by atoms with Gasteiger partial charge in [-0.1, -0.05) is 36.4 Å². The normalized spacial score (nSPS) is 23.7. The van der Waals surface area contributed by atoms with E-state index in [1.807, 2.05) is 12.1 Å². The molecule has 0 bridgehead atoms. The van der Waals surface area contributed by atoms with Crippen LogP contribution in [0.3, 0.4) is 0 Å². The first kappa shape index (κ1) is 11.4. The summed E-state index contributed by atoms with van der Waals surface area (Å²) >= 11 is 0. The number of piperidine rings is 1. The molecule has 0 radical (unpaired) electrons. The Bertz CT molecular complexity index is 504. The van der Waals surface area contributed by atoms with Gasteiger partial charge in [-0.05, 0) is 18.5 Å². The molecule has 1 fully saturated rings. The van der Waals surface area contributed by atoms with E-state index in [2.05, 4.69) is 34.2 Å². The molecule has 3 nitrogen and oxygen atoms in total. The summed E-state index contributed by atoms with van der Waals surface area (Å²) in [7, 11) is 0. The highest BCUT2D eigenvalue weighted by atomic mass is 16.1. The van der Waals surface area contributed by atoms with E-state index < -0.39 is 0 Å². The van der Waals surface area contributed by atoms with Gasteiger partial charge in [0.25, 0.3) is 5.91 Å². The first-order chi connectivity index (χ1) is 8.81. The van der Waals surface area contributed by atoms with Crippen molar-refractivity contribution in [3.05, 3.63) is 48.0 Å². The van der Waals surface area contributed by atoms with Crippen LogP contribution in [-0.2, 0) is 11.3 Å². The van der Waals surface area contributed by atoms with Crippen LogP contribution in [0, 0.1) is 5.92 Å². The summed E-state index contributed by atoms with van der Waals surface area (Å²) < 4.78 is 0. The SMILES string of the molecule is O=C1C=CC2CCN(Cc3ccccc3)CC2=N1. The summed E-state index contributed by atoms with van der Waals surface area (Å²) in [5.41, 5.74) is 2.35. The Balaban J connectivity index is 1.69. The fourth-order valence-electron chi connectivity index (χ4n) is 2.59. The lowest BCUT2D eigenvalue weighted by molar-refractivity contribution is -0.113. The molecule has 1 amide bonds. The number of aliphatic imine (C=N–C) groups is 1. The van der Waals surface area contributed by atoms with E-state index >= 15 is 0 Å². The number of amides is 1. The minimum atomic E-state index is -0.109. The smallest absolute Gasteiger partial charge is 0.269 e. The highest BCUT2D eigenvalue weighted by Crippen LogP contribution is 2.21. The lowest BCUT2D eigenvalue weighted by atomic mass is 9.92. The number of carbonyl (C=O) groups excluding carboxylic acids is 1. The van der Waals surface area contributed by atoms with Gasteiger partial charge < -0.3 is 0 Å². The van der Waals surface area contributed by atoms with Crippen molar-refractivity contribution >= 4 is 11.6 Å². The molecule has 92 valence electrons. The molecule has 1 atom stereocenters. The third-order valence-corrected chi connectivity index (χ3v) is 3.54. The molecular weight excluding hydrogens is 224 g/mol. The van der Waals surface area contributed by atoms with Crippen LogP contribution in [0.5, 0.6) is 0 Å². The van der Waals surface area contributed by atoms with Gasteiger partial charge in [-0.2, -0.15) is 0 Å². The van der Waals surface area contributed by atoms with E-state index in [9.17, 15) is 4.79 Å². The average molecular weight is 240 g/mol. The summed E-state index contributed by atoms with van der Waals surface area (Å²) in [4.78, 5) is 17.8. The Kier molecular flexibility index (Phi) is 3.07. The van der Waals surface area contributed by atoms with Crippen molar-refractivity contribution in [2.45, 2.75) is 13.0 Å². The van der Waals surface area contributed by atoms with Gasteiger partial charge >= 0.3 is 0 Å². The molecule has 3 heteroatoms. The quantitative estimate of drug-likeness (QED) is 0.792. The van der Waals surface area contributed by atoms with Crippen LogP contribution in [0.15, 0.2) is 47.5 Å². The van der Waals surface area contributed by atoms with Crippen molar-refractivity contribution in [3.63, 3.8) is 0 Å². The summed E-state index contributed by atoms with van der Waals surface area (Å²) in [5.74, 6) is 0.275. The van der Waals surface area contributed by atoms with Crippen molar-refractivity contribution in [2.24, 2.45) is 10.9 Å². The number of rotatable bonds is 2. The average Bonchev–Trinajstić information content (AvgIpc) is 2.39. The van der Waals surface area contributed by atoms with Crippen molar-refractivity contribution < 1.29 is 4.79 Å². The Morgan fingerprint density at radius 3 is 2.94 bits per heavy atom. The van der Waals surface area contributed by atoms with E-state index in [-0.39, 0.29) is 5.91 Å². The molecular formula is C15H16N2O. The molecule has 18 heavy (non-hydrogen) atoms. The predicted octanol–water partition coefficient (Wildman–Crippen LogP) is 2.05. The van der Waals surface area contributed by atoms with E-state index in [0.717, 1.165) is 31.8 Å². The molecule has 0 aliphatic carbocycles. The minimum absolute atomic E-state index is 0.109. The number of hydrogen-bond donors (Lipinski definition) is 0. The van der Waals surface area contributed by atoms with Crippen LogP contribution < -0.4 is 0 Å². The number of allylic oxidation sites excluding steroid dienone is 1. The molecule has 2 heterocycles. The second-order valence-corrected chi connectivity index (χ2v) is 4.89. The van der Waals surface area contributed by atoms with E-state index in [0.29, 0.717) is 5.92 Å². The molecule has 0 aromatic heterocycles. The zero-order valence-electron chi connectivity index (χ0n) is 10.2. The third kappa shape index (κ3) is 2.41. The number of nitrogens with zero attached hydrogens (tertiary/aromatic N) is 2. The monoisotopic (exact) mass is 240 g/mol. The first-order valence-corrected chi connectivity index (χ1v) is 6.37. The zero-order valence-corrected chi connectivity index (χ0v) is 10.2. The molecule has 1 aromatic carbocycles. The van der Waals surface area contributed by atoms with Gasteiger partial charge in [-0.3, -0.25) is 9.69 Å². The maximum Gasteiger partial charge on any atom is 0.269 e. The van der Waals surface area contributed by atoms with Crippen LogP contribution in [0.1, 0.15) is 12.0 Å². The molecule has 1 saturated heterocycles. The van der Waals surface area contributed by atoms with Crippen molar-refractivity contribution in [2.75, 3.05) is 13.1 Å². The molecule has 0 N–H and O–H groups in total. The third-order valence-electron chi connectivity index (χ3n) is 3.54. The second kappa shape index (κ2) is 4.86. The number of carbonyl (C=O) groups is 1. The Hall–Kier alpha value is -1.74. The fraction of sp³-hybridized carbons (Fsp3) is 0.333. The van der Waals surface area contributed by atoms with Crippen LogP contribution in [0.2, 0.25) is 0 Å². The van der Waals surface area contributed by atoms with Gasteiger partial charge in [0.2, 0.25) is 0 Å². The lowest BCUT2D eigenvalue weighted by Gasteiger charge is -2.32. The Labute approximate surface area is 107 Å². The summed E-state index contributed by atoms with van der Waals surface area (Å²) in [5, 5.41) is 0. The van der Waals surface area contributed by atoms with Gasteiger partial charge in [0.15, 0.2) is 0 Å². The minimum Gasteiger partial charge on any atom is -0.294 e. The summed E-state index contributed by atoms with van der Waals surface area (Å²) in [6, 6.07) is 10.4. The van der Waals surface area contributed by atoms with Gasteiger partial charge in [0.05, 0.1) is 0 Å².